The summed E-state index contributed by atoms with van der Waals surface area (Å²) in [5.41, 5.74) is 0. The maximum atomic E-state index is 11.7. The quantitative estimate of drug-likeness (QED) is 0.619. The first-order valence-corrected chi connectivity index (χ1v) is 4.32. The summed E-state index contributed by atoms with van der Waals surface area (Å²) >= 11 is 7.42. The molecule has 1 aromatic rings. The van der Waals surface area contributed by atoms with Crippen LogP contribution in [-0.2, 0) is 0 Å². The van der Waals surface area contributed by atoms with Crippen LogP contribution in [0.2, 0.25) is 5.15 Å². The lowest BCUT2D eigenvalue weighted by Crippen LogP contribution is -2.03. The molecule has 0 radical (unpaired) electrons. The van der Waals surface area contributed by atoms with E-state index in [-0.39, 0.29) is 10.9 Å². The number of hydrogen-bond donors (Lipinski definition) is 0. The Morgan fingerprint density at radius 3 is 2.67 bits per heavy atom. The van der Waals surface area contributed by atoms with Crippen LogP contribution in [0.25, 0.3) is 0 Å². The van der Waals surface area contributed by atoms with Gasteiger partial charge in [0.05, 0.1) is 0 Å². The maximum Gasteiger partial charge on any atom is 0.387 e. The Bertz CT molecular complexity index is 284. The van der Waals surface area contributed by atoms with Crippen LogP contribution in [0, 0.1) is 3.70 Å². The molecular weight excluding hydrogens is 302 g/mol. The summed E-state index contributed by atoms with van der Waals surface area (Å²) in [6.45, 7) is -2.87. The van der Waals surface area contributed by atoms with E-state index >= 15 is 0 Å². The number of halogens is 4. The topological polar surface area (TPSA) is 22.1 Å². The molecule has 0 fully saturated rings. The Morgan fingerprint density at radius 2 is 2.17 bits per heavy atom. The van der Waals surface area contributed by atoms with Crippen molar-refractivity contribution in [1.29, 1.82) is 0 Å². The fourth-order valence-corrected chi connectivity index (χ4v) is 1.35. The van der Waals surface area contributed by atoms with Crippen molar-refractivity contribution < 1.29 is 13.5 Å². The van der Waals surface area contributed by atoms with Gasteiger partial charge in [0.15, 0.2) is 10.9 Å². The Labute approximate surface area is 86.0 Å². The van der Waals surface area contributed by atoms with Crippen molar-refractivity contribution in [1.82, 2.24) is 4.98 Å². The number of hydrogen-bond acceptors (Lipinski definition) is 2. The second-order valence-electron chi connectivity index (χ2n) is 1.80. The van der Waals surface area contributed by atoms with E-state index in [1.54, 1.807) is 0 Å². The summed E-state index contributed by atoms with van der Waals surface area (Å²) in [5.74, 6) is -0.105. The summed E-state index contributed by atoms with van der Waals surface area (Å²) in [6.07, 6.45) is 0. The van der Waals surface area contributed by atoms with Crippen molar-refractivity contribution in [2.45, 2.75) is 6.61 Å². The summed E-state index contributed by atoms with van der Waals surface area (Å²) in [4.78, 5) is 3.72. The van der Waals surface area contributed by atoms with E-state index in [4.69, 9.17) is 11.6 Å². The van der Waals surface area contributed by atoms with Gasteiger partial charge in [-0.3, -0.25) is 0 Å². The molecule has 6 heteroatoms. The van der Waals surface area contributed by atoms with Gasteiger partial charge in [0, 0.05) is 0 Å². The number of ether oxygens (including phenoxy) is 1. The number of alkyl halides is 2. The molecular formula is C6H3ClF2INO. The molecule has 0 aliphatic heterocycles. The third-order valence-corrected chi connectivity index (χ3v) is 1.87. The molecule has 2 nitrogen and oxygen atoms in total. The predicted octanol–water partition coefficient (Wildman–Crippen LogP) is 2.94. The molecule has 1 heterocycles. The van der Waals surface area contributed by atoms with Crippen LogP contribution in [0.4, 0.5) is 8.78 Å². The Balaban J connectivity index is 2.86. The molecule has 0 saturated heterocycles. The van der Waals surface area contributed by atoms with Crippen molar-refractivity contribution in [2.24, 2.45) is 0 Å². The molecule has 12 heavy (non-hydrogen) atoms. The average molecular weight is 305 g/mol. The average Bonchev–Trinajstić information content (AvgIpc) is 1.94. The van der Waals surface area contributed by atoms with Gasteiger partial charge in [-0.25, -0.2) is 4.98 Å². The Hall–Kier alpha value is -0.170. The van der Waals surface area contributed by atoms with Gasteiger partial charge in [-0.15, -0.1) is 0 Å². The monoisotopic (exact) mass is 305 g/mol. The molecule has 0 aliphatic carbocycles. The van der Waals surface area contributed by atoms with Crippen molar-refractivity contribution >= 4 is 34.2 Å². The number of aromatic nitrogens is 1. The zero-order chi connectivity index (χ0) is 9.14. The highest BCUT2D eigenvalue weighted by molar-refractivity contribution is 14.1. The lowest BCUT2D eigenvalue weighted by Gasteiger charge is -2.04. The maximum absolute atomic E-state index is 11.7. The Kier molecular flexibility index (Phi) is 3.45. The lowest BCUT2D eigenvalue weighted by molar-refractivity contribution is -0.0500. The van der Waals surface area contributed by atoms with E-state index in [2.05, 4.69) is 9.72 Å². The van der Waals surface area contributed by atoms with Crippen molar-refractivity contribution in [3.05, 3.63) is 21.0 Å². The van der Waals surface area contributed by atoms with Crippen LogP contribution in [0.15, 0.2) is 12.1 Å². The van der Waals surface area contributed by atoms with Crippen LogP contribution < -0.4 is 4.74 Å². The minimum absolute atomic E-state index is 0.0535. The zero-order valence-corrected chi connectivity index (χ0v) is 8.51. The largest absolute Gasteiger partial charge is 0.432 e. The van der Waals surface area contributed by atoms with E-state index in [9.17, 15) is 8.78 Å². The van der Waals surface area contributed by atoms with Gasteiger partial charge < -0.3 is 4.74 Å². The summed E-state index contributed by atoms with van der Waals surface area (Å²) in [6, 6.07) is 2.88. The van der Waals surface area contributed by atoms with Gasteiger partial charge in [-0.05, 0) is 34.7 Å². The summed E-state index contributed by atoms with van der Waals surface area (Å²) < 4.78 is 28.1. The second kappa shape index (κ2) is 4.18. The van der Waals surface area contributed by atoms with Crippen molar-refractivity contribution in [3.8, 4) is 5.75 Å². The Morgan fingerprint density at radius 1 is 1.50 bits per heavy atom. The molecule has 0 bridgehead atoms. The predicted molar refractivity (Wildman–Crippen MR) is 48.6 cm³/mol. The summed E-state index contributed by atoms with van der Waals surface area (Å²) in [7, 11) is 0. The molecule has 0 aliphatic rings. The second-order valence-corrected chi connectivity index (χ2v) is 3.26. The minimum Gasteiger partial charge on any atom is -0.432 e. The van der Waals surface area contributed by atoms with Gasteiger partial charge in [-0.1, -0.05) is 11.6 Å². The van der Waals surface area contributed by atoms with Gasteiger partial charge >= 0.3 is 6.61 Å². The molecule has 1 aromatic heterocycles. The lowest BCUT2D eigenvalue weighted by atomic mass is 10.5. The molecule has 1 rings (SSSR count). The van der Waals surface area contributed by atoms with Gasteiger partial charge in [0.1, 0.15) is 3.70 Å². The molecule has 0 spiro atoms. The first kappa shape index (κ1) is 9.91. The zero-order valence-electron chi connectivity index (χ0n) is 5.60. The molecule has 0 aromatic carbocycles. The smallest absolute Gasteiger partial charge is 0.387 e. The van der Waals surface area contributed by atoms with Crippen molar-refractivity contribution in [3.63, 3.8) is 0 Å². The SMILES string of the molecule is FC(F)Oc1ccc(I)nc1Cl. The molecule has 0 atom stereocenters. The third-order valence-electron chi connectivity index (χ3n) is 0.997. The van der Waals surface area contributed by atoms with E-state index in [1.165, 1.54) is 12.1 Å². The van der Waals surface area contributed by atoms with E-state index in [0.29, 0.717) is 3.70 Å². The first-order chi connectivity index (χ1) is 5.59. The van der Waals surface area contributed by atoms with Crippen LogP contribution in [0.5, 0.6) is 5.75 Å². The molecule has 66 valence electrons. The van der Waals surface area contributed by atoms with Gasteiger partial charge in [-0.2, -0.15) is 8.78 Å². The highest BCUT2D eigenvalue weighted by Crippen LogP contribution is 2.24. The molecule has 0 N–H and O–H groups in total. The van der Waals surface area contributed by atoms with E-state index in [1.807, 2.05) is 22.6 Å². The van der Waals surface area contributed by atoms with E-state index in [0.717, 1.165) is 0 Å². The highest BCUT2D eigenvalue weighted by atomic mass is 127. The van der Waals surface area contributed by atoms with Crippen LogP contribution in [0.3, 0.4) is 0 Å². The third kappa shape index (κ3) is 2.71. The fourth-order valence-electron chi connectivity index (χ4n) is 0.583. The van der Waals surface area contributed by atoms with E-state index < -0.39 is 6.61 Å². The molecule has 0 amide bonds. The normalized spacial score (nSPS) is 10.4. The van der Waals surface area contributed by atoms with Crippen LogP contribution in [-0.4, -0.2) is 11.6 Å². The van der Waals surface area contributed by atoms with Gasteiger partial charge in [0.2, 0.25) is 0 Å². The standard InChI is InChI=1S/C6H3ClF2INO/c7-5-3(12-6(8)9)1-2-4(10)11-5/h1-2,6H. The fraction of sp³-hybridized carbons (Fsp3) is 0.167. The van der Waals surface area contributed by atoms with Gasteiger partial charge in [0.25, 0.3) is 0 Å². The van der Waals surface area contributed by atoms with Crippen LogP contribution in [0.1, 0.15) is 0 Å². The first-order valence-electron chi connectivity index (χ1n) is 2.86. The molecule has 0 unspecified atom stereocenters. The summed E-state index contributed by atoms with van der Waals surface area (Å²) in [5, 5.41) is -0.0535. The number of rotatable bonds is 2. The number of nitrogens with zero attached hydrogens (tertiary/aromatic N) is 1. The van der Waals surface area contributed by atoms with Crippen LogP contribution >= 0.6 is 34.2 Å². The highest BCUT2D eigenvalue weighted by Gasteiger charge is 2.08. The van der Waals surface area contributed by atoms with Crippen molar-refractivity contribution in [2.75, 3.05) is 0 Å². The molecule has 0 saturated carbocycles. The number of pyridine rings is 1. The minimum atomic E-state index is -2.87.